The van der Waals surface area contributed by atoms with Gasteiger partial charge in [-0.25, -0.2) is 13.1 Å². The van der Waals surface area contributed by atoms with Crippen molar-refractivity contribution in [3.8, 4) is 0 Å². The highest BCUT2D eigenvalue weighted by Gasteiger charge is 2.48. The normalized spacial score (nSPS) is 25.0. The number of piperidine rings is 1. The Morgan fingerprint density at radius 2 is 2.00 bits per heavy atom. The number of hydrogen-bond donors (Lipinski definition) is 1. The van der Waals surface area contributed by atoms with E-state index in [0.717, 1.165) is 12.8 Å². The third kappa shape index (κ3) is 2.93. The molecule has 26 heavy (non-hydrogen) atoms. The van der Waals surface area contributed by atoms with E-state index < -0.39 is 10.0 Å². The van der Waals surface area contributed by atoms with Crippen LogP contribution in [0.15, 0.2) is 47.5 Å². The number of aromatic nitrogens is 2. The van der Waals surface area contributed by atoms with Crippen LogP contribution >= 0.6 is 0 Å². The molecule has 2 fully saturated rings. The number of hydrogen-bond acceptors (Lipinski definition) is 4. The summed E-state index contributed by atoms with van der Waals surface area (Å²) in [5.74, 6) is 0.269. The maximum absolute atomic E-state index is 12.9. The van der Waals surface area contributed by atoms with Crippen molar-refractivity contribution in [1.29, 1.82) is 0 Å². The van der Waals surface area contributed by atoms with Crippen LogP contribution in [-0.2, 0) is 16.6 Å². The van der Waals surface area contributed by atoms with Gasteiger partial charge in [-0.2, -0.15) is 5.10 Å². The quantitative estimate of drug-likeness (QED) is 0.859. The van der Waals surface area contributed by atoms with Gasteiger partial charge in [0.15, 0.2) is 0 Å². The molecule has 3 unspecified atom stereocenters. The molecule has 7 nitrogen and oxygen atoms in total. The Balaban J connectivity index is 1.53. The summed E-state index contributed by atoms with van der Waals surface area (Å²) in [5, 5.41) is 4.17. The highest BCUT2D eigenvalue weighted by Crippen LogP contribution is 2.39. The van der Waals surface area contributed by atoms with Crippen molar-refractivity contribution >= 4 is 15.9 Å². The number of aryl methyl sites for hydroxylation is 1. The van der Waals surface area contributed by atoms with Crippen molar-refractivity contribution in [2.45, 2.75) is 43.3 Å². The van der Waals surface area contributed by atoms with Crippen LogP contribution in [0.3, 0.4) is 0 Å². The summed E-state index contributed by atoms with van der Waals surface area (Å²) in [4.78, 5) is 15.0. The summed E-state index contributed by atoms with van der Waals surface area (Å²) in [6.07, 6.45) is 3.24. The predicted molar refractivity (Wildman–Crippen MR) is 96.0 cm³/mol. The van der Waals surface area contributed by atoms with Gasteiger partial charge in [0.05, 0.1) is 4.90 Å². The highest BCUT2D eigenvalue weighted by molar-refractivity contribution is 7.89. The molecule has 1 aliphatic carbocycles. The zero-order valence-electron chi connectivity index (χ0n) is 14.6. The van der Waals surface area contributed by atoms with Gasteiger partial charge in [-0.15, -0.1) is 0 Å². The molecule has 0 radical (unpaired) electrons. The first kappa shape index (κ1) is 17.2. The van der Waals surface area contributed by atoms with Crippen LogP contribution in [-0.4, -0.2) is 47.6 Å². The summed E-state index contributed by atoms with van der Waals surface area (Å²) in [5.41, 5.74) is 0.560. The fraction of sp³-hybridized carbons (Fsp3) is 0.444. The lowest BCUT2D eigenvalue weighted by molar-refractivity contribution is 0.0665. The lowest BCUT2D eigenvalue weighted by Crippen LogP contribution is -2.52. The van der Waals surface area contributed by atoms with E-state index in [1.807, 2.05) is 11.8 Å². The van der Waals surface area contributed by atoms with Gasteiger partial charge in [-0.1, -0.05) is 18.2 Å². The first-order valence-corrected chi connectivity index (χ1v) is 10.4. The van der Waals surface area contributed by atoms with E-state index in [1.165, 1.54) is 0 Å². The molecule has 3 atom stereocenters. The van der Waals surface area contributed by atoms with Gasteiger partial charge in [0.25, 0.3) is 5.91 Å². The van der Waals surface area contributed by atoms with Gasteiger partial charge in [0, 0.05) is 31.4 Å². The molecule has 4 rings (SSSR count). The monoisotopic (exact) mass is 374 g/mol. The molecule has 2 aromatic rings. The molecule has 2 aliphatic rings. The molecule has 2 bridgehead atoms. The minimum Gasteiger partial charge on any atom is -0.332 e. The van der Waals surface area contributed by atoms with Gasteiger partial charge in [0.1, 0.15) is 5.69 Å². The number of rotatable bonds is 5. The van der Waals surface area contributed by atoms with Crippen LogP contribution in [0.1, 0.15) is 30.3 Å². The van der Waals surface area contributed by atoms with Gasteiger partial charge in [-0.05, 0) is 43.9 Å². The van der Waals surface area contributed by atoms with Crippen molar-refractivity contribution < 1.29 is 13.2 Å². The summed E-state index contributed by atoms with van der Waals surface area (Å²) in [6.45, 7) is 3.25. The Labute approximate surface area is 153 Å². The molecule has 1 aliphatic heterocycles. The minimum atomic E-state index is -3.59. The SMILES string of the molecule is CCn1nccc1C(=O)N1CC2CC(NS(=O)(=O)c3ccccc3)C1C2. The second-order valence-electron chi connectivity index (χ2n) is 6.94. The zero-order valence-corrected chi connectivity index (χ0v) is 15.4. The molecule has 2 heterocycles. The first-order chi connectivity index (χ1) is 12.5. The van der Waals surface area contributed by atoms with Crippen molar-refractivity contribution in [2.24, 2.45) is 5.92 Å². The average Bonchev–Trinajstić information content (AvgIpc) is 3.36. The van der Waals surface area contributed by atoms with Crippen LogP contribution in [0.5, 0.6) is 0 Å². The number of sulfonamides is 1. The van der Waals surface area contributed by atoms with Gasteiger partial charge >= 0.3 is 0 Å². The fourth-order valence-corrected chi connectivity index (χ4v) is 5.47. The number of nitrogens with one attached hydrogen (secondary N) is 1. The number of benzene rings is 1. The molecular weight excluding hydrogens is 352 g/mol. The molecular formula is C18H22N4O3S. The number of likely N-dealkylation sites (tertiary alicyclic amines) is 1. The van der Waals surface area contributed by atoms with Gasteiger partial charge < -0.3 is 4.90 Å². The minimum absolute atomic E-state index is 0.0690. The molecule has 1 saturated heterocycles. The lowest BCUT2D eigenvalue weighted by atomic mass is 10.1. The van der Waals surface area contributed by atoms with E-state index in [4.69, 9.17) is 0 Å². The van der Waals surface area contributed by atoms with Crippen LogP contribution in [0.2, 0.25) is 0 Å². The topological polar surface area (TPSA) is 84.3 Å². The Morgan fingerprint density at radius 1 is 1.23 bits per heavy atom. The molecule has 138 valence electrons. The van der Waals surface area contributed by atoms with E-state index in [0.29, 0.717) is 24.7 Å². The molecule has 0 spiro atoms. The average molecular weight is 374 g/mol. The number of carbonyl (C=O) groups excluding carboxylic acids is 1. The summed E-state index contributed by atoms with van der Waals surface area (Å²) in [6, 6.07) is 9.73. The summed E-state index contributed by atoms with van der Waals surface area (Å²) >= 11 is 0. The maximum atomic E-state index is 12.9. The second kappa shape index (κ2) is 6.51. The van der Waals surface area contributed by atoms with Crippen molar-refractivity contribution in [1.82, 2.24) is 19.4 Å². The second-order valence-corrected chi connectivity index (χ2v) is 8.65. The van der Waals surface area contributed by atoms with Crippen LogP contribution in [0.4, 0.5) is 0 Å². The lowest BCUT2D eigenvalue weighted by Gasteiger charge is -2.33. The summed E-state index contributed by atoms with van der Waals surface area (Å²) < 4.78 is 29.8. The number of fused-ring (bicyclic) bond motifs is 2. The molecule has 8 heteroatoms. The molecule has 1 amide bonds. The van der Waals surface area contributed by atoms with Crippen molar-refractivity contribution in [2.75, 3.05) is 6.54 Å². The number of carbonyl (C=O) groups is 1. The number of amides is 1. The Bertz CT molecular complexity index is 910. The maximum Gasteiger partial charge on any atom is 0.272 e. The van der Waals surface area contributed by atoms with Gasteiger partial charge in [0.2, 0.25) is 10.0 Å². The summed E-state index contributed by atoms with van der Waals surface area (Å²) in [7, 11) is -3.59. The van der Waals surface area contributed by atoms with Crippen LogP contribution in [0, 0.1) is 5.92 Å². The Hall–Kier alpha value is -2.19. The Kier molecular flexibility index (Phi) is 4.32. The van der Waals surface area contributed by atoms with E-state index in [1.54, 1.807) is 47.3 Å². The predicted octanol–water partition coefficient (Wildman–Crippen LogP) is 1.48. The third-order valence-corrected chi connectivity index (χ3v) is 6.84. The standard InChI is InChI=1S/C18H22N4O3S/c1-2-22-16(8-9-19-22)18(23)21-12-13-10-15(17(21)11-13)20-26(24,25)14-6-4-3-5-7-14/h3-9,13,15,17,20H,2,10-12H2,1H3. The van der Waals surface area contributed by atoms with E-state index in [9.17, 15) is 13.2 Å². The van der Waals surface area contributed by atoms with Gasteiger partial charge in [-0.3, -0.25) is 9.48 Å². The number of nitrogens with zero attached hydrogens (tertiary/aromatic N) is 3. The third-order valence-electron chi connectivity index (χ3n) is 5.34. The molecule has 1 aromatic carbocycles. The molecule has 1 aromatic heterocycles. The van der Waals surface area contributed by atoms with Crippen LogP contribution in [0.25, 0.3) is 0 Å². The molecule has 1 saturated carbocycles. The van der Waals surface area contributed by atoms with E-state index >= 15 is 0 Å². The van der Waals surface area contributed by atoms with E-state index in [-0.39, 0.29) is 22.9 Å². The zero-order chi connectivity index (χ0) is 18.3. The smallest absolute Gasteiger partial charge is 0.272 e. The fourth-order valence-electron chi connectivity index (χ4n) is 4.17. The van der Waals surface area contributed by atoms with Crippen molar-refractivity contribution in [3.63, 3.8) is 0 Å². The van der Waals surface area contributed by atoms with Crippen LogP contribution < -0.4 is 4.72 Å². The largest absolute Gasteiger partial charge is 0.332 e. The Morgan fingerprint density at radius 3 is 2.69 bits per heavy atom. The first-order valence-electron chi connectivity index (χ1n) is 8.89. The molecule has 1 N–H and O–H groups in total. The highest BCUT2D eigenvalue weighted by atomic mass is 32.2. The van der Waals surface area contributed by atoms with E-state index in [2.05, 4.69) is 9.82 Å². The van der Waals surface area contributed by atoms with Crippen molar-refractivity contribution in [3.05, 3.63) is 48.3 Å².